The first-order valence-corrected chi connectivity index (χ1v) is 8.11. The minimum absolute atomic E-state index is 0.132. The number of nitrogens with one attached hydrogen (secondary N) is 1. The quantitative estimate of drug-likeness (QED) is 0.909. The molecule has 1 N–H and O–H groups in total. The highest BCUT2D eigenvalue weighted by molar-refractivity contribution is 6.02. The summed E-state index contributed by atoms with van der Waals surface area (Å²) in [6, 6.07) is 13.2. The third-order valence-electron chi connectivity index (χ3n) is 3.81. The molecule has 0 aromatic heterocycles. The molecule has 25 heavy (non-hydrogen) atoms. The lowest BCUT2D eigenvalue weighted by Crippen LogP contribution is -2.37. The van der Waals surface area contributed by atoms with Gasteiger partial charge in [-0.25, -0.2) is 4.39 Å². The number of benzene rings is 2. The first-order chi connectivity index (χ1) is 11.7. The number of carbonyl (C=O) groups excluding carboxylic acids is 2. The van der Waals surface area contributed by atoms with E-state index in [9.17, 15) is 14.0 Å². The van der Waals surface area contributed by atoms with E-state index in [0.29, 0.717) is 11.4 Å². The molecular weight excluding hydrogens is 319 g/mol. The Morgan fingerprint density at radius 2 is 1.76 bits per heavy atom. The summed E-state index contributed by atoms with van der Waals surface area (Å²) in [6.07, 6.45) is 0. The molecule has 0 saturated carbocycles. The molecule has 0 fully saturated rings. The third kappa shape index (κ3) is 4.89. The molecule has 0 atom stereocenters. The Labute approximate surface area is 147 Å². The van der Waals surface area contributed by atoms with E-state index in [1.807, 2.05) is 24.3 Å². The molecule has 132 valence electrons. The Bertz CT molecular complexity index is 781. The Kier molecular flexibility index (Phi) is 5.57. The van der Waals surface area contributed by atoms with Crippen molar-refractivity contribution < 1.29 is 14.0 Å². The minimum atomic E-state index is -0.456. The van der Waals surface area contributed by atoms with Crippen molar-refractivity contribution in [3.05, 3.63) is 59.9 Å². The zero-order chi connectivity index (χ0) is 18.6. The zero-order valence-corrected chi connectivity index (χ0v) is 15.0. The van der Waals surface area contributed by atoms with Crippen LogP contribution in [0.4, 0.5) is 15.8 Å². The highest BCUT2D eigenvalue weighted by Crippen LogP contribution is 2.29. The number of para-hydroxylation sites is 1. The van der Waals surface area contributed by atoms with Crippen LogP contribution in [0.2, 0.25) is 0 Å². The average molecular weight is 342 g/mol. The lowest BCUT2D eigenvalue weighted by molar-refractivity contribution is -0.120. The van der Waals surface area contributed by atoms with Gasteiger partial charge in [-0.2, -0.15) is 0 Å². The van der Waals surface area contributed by atoms with Crippen LogP contribution in [0, 0.1) is 5.82 Å². The highest BCUT2D eigenvalue weighted by Gasteiger charge is 2.20. The highest BCUT2D eigenvalue weighted by atomic mass is 19.1. The van der Waals surface area contributed by atoms with Gasteiger partial charge in [0.25, 0.3) is 0 Å². The maximum atomic E-state index is 13.4. The molecule has 0 aliphatic carbocycles. The van der Waals surface area contributed by atoms with Crippen molar-refractivity contribution in [2.24, 2.45) is 0 Å². The van der Waals surface area contributed by atoms with Crippen molar-refractivity contribution in [1.29, 1.82) is 0 Å². The molecule has 0 spiro atoms. The molecule has 0 heterocycles. The number of carbonyl (C=O) groups is 2. The third-order valence-corrected chi connectivity index (χ3v) is 3.81. The van der Waals surface area contributed by atoms with E-state index in [2.05, 4.69) is 26.1 Å². The minimum Gasteiger partial charge on any atom is -0.324 e. The number of anilines is 2. The molecule has 2 rings (SSSR count). The van der Waals surface area contributed by atoms with Crippen LogP contribution in [0.15, 0.2) is 48.5 Å². The molecule has 5 heteroatoms. The molecule has 0 saturated heterocycles. The molecule has 2 amide bonds. The number of hydrogen-bond donors (Lipinski definition) is 1. The smallest absolute Gasteiger partial charge is 0.244 e. The van der Waals surface area contributed by atoms with Gasteiger partial charge in [0, 0.05) is 18.3 Å². The van der Waals surface area contributed by atoms with Crippen molar-refractivity contribution in [1.82, 2.24) is 0 Å². The monoisotopic (exact) mass is 342 g/mol. The Morgan fingerprint density at radius 3 is 2.36 bits per heavy atom. The standard InChI is InChI=1S/C20H23FN2O2/c1-14(24)23(16-9-7-8-15(21)12-16)13-19(25)22-18-11-6-5-10-17(18)20(2,3)4/h5-12H,13H2,1-4H3,(H,22,25). The van der Waals surface area contributed by atoms with E-state index in [4.69, 9.17) is 0 Å². The molecule has 0 aliphatic rings. The largest absolute Gasteiger partial charge is 0.324 e. The first-order valence-electron chi connectivity index (χ1n) is 8.11. The SMILES string of the molecule is CC(=O)N(CC(=O)Nc1ccccc1C(C)(C)C)c1cccc(F)c1. The summed E-state index contributed by atoms with van der Waals surface area (Å²) < 4.78 is 13.4. The van der Waals surface area contributed by atoms with Crippen molar-refractivity contribution >= 4 is 23.2 Å². The molecule has 0 radical (unpaired) electrons. The molecule has 2 aromatic rings. The molecule has 2 aromatic carbocycles. The van der Waals surface area contributed by atoms with E-state index in [-0.39, 0.29) is 23.8 Å². The summed E-state index contributed by atoms with van der Waals surface area (Å²) in [4.78, 5) is 25.6. The first kappa shape index (κ1) is 18.6. The van der Waals surface area contributed by atoms with Crippen molar-refractivity contribution in [2.45, 2.75) is 33.1 Å². The Hall–Kier alpha value is -2.69. The number of amides is 2. The maximum absolute atomic E-state index is 13.4. The van der Waals surface area contributed by atoms with E-state index in [1.54, 1.807) is 6.07 Å². The lowest BCUT2D eigenvalue weighted by Gasteiger charge is -2.24. The predicted octanol–water partition coefficient (Wildman–Crippen LogP) is 4.11. The van der Waals surface area contributed by atoms with Gasteiger partial charge < -0.3 is 10.2 Å². The maximum Gasteiger partial charge on any atom is 0.244 e. The second-order valence-electron chi connectivity index (χ2n) is 6.93. The summed E-state index contributed by atoms with van der Waals surface area (Å²) in [5.41, 5.74) is 1.94. The van der Waals surface area contributed by atoms with Crippen LogP contribution in [0.25, 0.3) is 0 Å². The van der Waals surface area contributed by atoms with Gasteiger partial charge >= 0.3 is 0 Å². The van der Waals surface area contributed by atoms with Gasteiger partial charge in [0.05, 0.1) is 0 Å². The molecule has 0 bridgehead atoms. The van der Waals surface area contributed by atoms with Crippen molar-refractivity contribution in [3.63, 3.8) is 0 Å². The fourth-order valence-electron chi connectivity index (χ4n) is 2.61. The number of hydrogen-bond acceptors (Lipinski definition) is 2. The summed E-state index contributed by atoms with van der Waals surface area (Å²) in [5.74, 6) is -1.12. The van der Waals surface area contributed by atoms with Crippen LogP contribution in [-0.2, 0) is 15.0 Å². The van der Waals surface area contributed by atoms with E-state index in [0.717, 1.165) is 5.56 Å². The van der Waals surface area contributed by atoms with Crippen LogP contribution in [0.5, 0.6) is 0 Å². The zero-order valence-electron chi connectivity index (χ0n) is 15.0. The Morgan fingerprint density at radius 1 is 1.08 bits per heavy atom. The van der Waals surface area contributed by atoms with Gasteiger partial charge in [0.2, 0.25) is 11.8 Å². The van der Waals surface area contributed by atoms with E-state index < -0.39 is 5.82 Å². The van der Waals surface area contributed by atoms with Crippen LogP contribution in [-0.4, -0.2) is 18.4 Å². The molecular formula is C20H23FN2O2. The number of rotatable bonds is 4. The fourth-order valence-corrected chi connectivity index (χ4v) is 2.61. The summed E-state index contributed by atoms with van der Waals surface area (Å²) >= 11 is 0. The topological polar surface area (TPSA) is 49.4 Å². The summed E-state index contributed by atoms with van der Waals surface area (Å²) in [6.45, 7) is 7.35. The van der Waals surface area contributed by atoms with Crippen LogP contribution >= 0.6 is 0 Å². The van der Waals surface area contributed by atoms with Gasteiger partial charge in [-0.3, -0.25) is 9.59 Å². The molecule has 4 nitrogen and oxygen atoms in total. The predicted molar refractivity (Wildman–Crippen MR) is 98.2 cm³/mol. The summed E-state index contributed by atoms with van der Waals surface area (Å²) in [7, 11) is 0. The normalized spacial score (nSPS) is 11.1. The molecule has 0 aliphatic heterocycles. The van der Waals surface area contributed by atoms with Crippen LogP contribution in [0.1, 0.15) is 33.3 Å². The Balaban J connectivity index is 2.20. The lowest BCUT2D eigenvalue weighted by atomic mass is 9.86. The van der Waals surface area contributed by atoms with Gasteiger partial charge in [-0.05, 0) is 35.2 Å². The van der Waals surface area contributed by atoms with E-state index >= 15 is 0 Å². The van der Waals surface area contributed by atoms with Gasteiger partial charge in [-0.1, -0.05) is 45.0 Å². The van der Waals surface area contributed by atoms with Crippen molar-refractivity contribution in [3.8, 4) is 0 Å². The second kappa shape index (κ2) is 7.47. The van der Waals surface area contributed by atoms with Crippen LogP contribution in [0.3, 0.4) is 0 Å². The molecule has 0 unspecified atom stereocenters. The van der Waals surface area contributed by atoms with Gasteiger partial charge in [-0.15, -0.1) is 0 Å². The van der Waals surface area contributed by atoms with Crippen molar-refractivity contribution in [2.75, 3.05) is 16.8 Å². The van der Waals surface area contributed by atoms with E-state index in [1.165, 1.54) is 30.0 Å². The average Bonchev–Trinajstić information content (AvgIpc) is 2.52. The number of halogens is 1. The van der Waals surface area contributed by atoms with Gasteiger partial charge in [0.15, 0.2) is 0 Å². The number of nitrogens with zero attached hydrogens (tertiary/aromatic N) is 1. The summed E-state index contributed by atoms with van der Waals surface area (Å²) in [5, 5.41) is 2.86. The van der Waals surface area contributed by atoms with Crippen LogP contribution < -0.4 is 10.2 Å². The van der Waals surface area contributed by atoms with Gasteiger partial charge in [0.1, 0.15) is 12.4 Å². The second-order valence-corrected chi connectivity index (χ2v) is 6.93. The fraction of sp³-hybridized carbons (Fsp3) is 0.300.